The van der Waals surface area contributed by atoms with Gasteiger partial charge >= 0.3 is 0 Å². The molecule has 2 heterocycles. The van der Waals surface area contributed by atoms with Gasteiger partial charge in [0.15, 0.2) is 0 Å². The Balaban J connectivity index is 1.92. The molecular weight excluding hydrogens is 299 g/mol. The molecule has 1 aromatic carbocycles. The van der Waals surface area contributed by atoms with Gasteiger partial charge in [0.1, 0.15) is 11.5 Å². The zero-order valence-electron chi connectivity index (χ0n) is 12.5. The fourth-order valence-corrected chi connectivity index (χ4v) is 2.65. The molecule has 1 saturated heterocycles. The molecule has 0 saturated carbocycles. The van der Waals surface area contributed by atoms with Gasteiger partial charge < -0.3 is 10.6 Å². The van der Waals surface area contributed by atoms with E-state index in [2.05, 4.69) is 5.10 Å². The summed E-state index contributed by atoms with van der Waals surface area (Å²) in [5, 5.41) is 4.12. The third-order valence-electron chi connectivity index (χ3n) is 3.84. The fraction of sp³-hybridized carbons (Fsp3) is 0.312. The Labute approximate surface area is 132 Å². The highest BCUT2D eigenvalue weighted by atomic mass is 19.1. The molecule has 0 radical (unpaired) electrons. The van der Waals surface area contributed by atoms with Crippen LogP contribution in [-0.2, 0) is 0 Å². The Morgan fingerprint density at radius 2 is 1.96 bits per heavy atom. The van der Waals surface area contributed by atoms with Crippen molar-refractivity contribution in [3.8, 4) is 5.69 Å². The van der Waals surface area contributed by atoms with Gasteiger partial charge in [0.2, 0.25) is 0 Å². The highest BCUT2D eigenvalue weighted by Crippen LogP contribution is 2.12. The summed E-state index contributed by atoms with van der Waals surface area (Å²) in [6.07, 6.45) is 1.75. The second kappa shape index (κ2) is 6.29. The first-order chi connectivity index (χ1) is 11.0. The van der Waals surface area contributed by atoms with Gasteiger partial charge in [-0.3, -0.25) is 9.59 Å². The molecule has 1 aliphatic rings. The van der Waals surface area contributed by atoms with Gasteiger partial charge in [0.05, 0.1) is 5.69 Å². The molecular formula is C16H17FN4O2. The lowest BCUT2D eigenvalue weighted by Crippen LogP contribution is -2.46. The highest BCUT2D eigenvalue weighted by Gasteiger charge is 2.23. The minimum Gasteiger partial charge on any atom is -0.336 e. The number of carbonyl (C=O) groups is 1. The van der Waals surface area contributed by atoms with Gasteiger partial charge in [0.25, 0.3) is 11.5 Å². The molecule has 1 aromatic heterocycles. The summed E-state index contributed by atoms with van der Waals surface area (Å²) >= 11 is 0. The summed E-state index contributed by atoms with van der Waals surface area (Å²) in [5.74, 6) is -0.660. The summed E-state index contributed by atoms with van der Waals surface area (Å²) in [6.45, 7) is 1.11. The number of piperidine rings is 1. The molecule has 1 fully saturated rings. The molecule has 2 N–H and O–H groups in total. The van der Waals surface area contributed by atoms with Gasteiger partial charge in [-0.25, -0.2) is 4.39 Å². The number of halogens is 1. The first-order valence-electron chi connectivity index (χ1n) is 7.46. The summed E-state index contributed by atoms with van der Waals surface area (Å²) in [7, 11) is 0. The predicted octanol–water partition coefficient (Wildman–Crippen LogP) is 0.935. The maximum absolute atomic E-state index is 13.0. The minimum absolute atomic E-state index is 0.0318. The van der Waals surface area contributed by atoms with E-state index in [-0.39, 0.29) is 23.2 Å². The molecule has 23 heavy (non-hydrogen) atoms. The maximum Gasteiger partial charge on any atom is 0.274 e. The van der Waals surface area contributed by atoms with Gasteiger partial charge in [-0.15, -0.1) is 0 Å². The lowest BCUT2D eigenvalue weighted by atomic mass is 10.1. The van der Waals surface area contributed by atoms with E-state index < -0.39 is 5.82 Å². The van der Waals surface area contributed by atoms with Crippen molar-refractivity contribution in [1.29, 1.82) is 0 Å². The van der Waals surface area contributed by atoms with Crippen LogP contribution >= 0.6 is 0 Å². The van der Waals surface area contributed by atoms with Crippen molar-refractivity contribution >= 4 is 5.91 Å². The van der Waals surface area contributed by atoms with Gasteiger partial charge in [0, 0.05) is 25.2 Å². The predicted molar refractivity (Wildman–Crippen MR) is 82.9 cm³/mol. The van der Waals surface area contributed by atoms with Crippen LogP contribution in [0.25, 0.3) is 5.69 Å². The second-order valence-electron chi connectivity index (χ2n) is 5.60. The molecule has 0 aliphatic carbocycles. The first-order valence-corrected chi connectivity index (χ1v) is 7.46. The maximum atomic E-state index is 13.0. The number of amides is 1. The van der Waals surface area contributed by atoms with Gasteiger partial charge in [-0.1, -0.05) is 0 Å². The summed E-state index contributed by atoms with van der Waals surface area (Å²) in [5.41, 5.74) is 6.08. The first kappa shape index (κ1) is 15.4. The van der Waals surface area contributed by atoms with Crippen molar-refractivity contribution in [3.63, 3.8) is 0 Å². The standard InChI is InChI=1S/C16H17FN4O2/c17-11-3-5-13(6-4-11)21-15(22)8-7-14(19-21)16(23)20-9-1-2-12(18)10-20/h3-8,12H,1-2,9-10,18H2/t12-/m1/s1. The third-order valence-corrected chi connectivity index (χ3v) is 3.84. The molecule has 3 rings (SSSR count). The van der Waals surface area contributed by atoms with Crippen LogP contribution in [0, 0.1) is 5.82 Å². The average Bonchev–Trinajstić information content (AvgIpc) is 2.55. The number of nitrogens with zero attached hydrogens (tertiary/aromatic N) is 3. The summed E-state index contributed by atoms with van der Waals surface area (Å²) in [4.78, 5) is 26.1. The van der Waals surface area contributed by atoms with E-state index in [1.54, 1.807) is 4.90 Å². The fourth-order valence-electron chi connectivity index (χ4n) is 2.65. The number of hydrogen-bond acceptors (Lipinski definition) is 4. The molecule has 120 valence electrons. The molecule has 0 unspecified atom stereocenters. The SMILES string of the molecule is N[C@@H]1CCCN(C(=O)c2ccc(=O)n(-c3ccc(F)cc3)n2)C1. The molecule has 0 spiro atoms. The highest BCUT2D eigenvalue weighted by molar-refractivity contribution is 5.92. The van der Waals surface area contributed by atoms with E-state index in [4.69, 9.17) is 5.73 Å². The van der Waals surface area contributed by atoms with Crippen molar-refractivity contribution in [2.24, 2.45) is 5.73 Å². The number of hydrogen-bond donors (Lipinski definition) is 1. The summed E-state index contributed by atoms with van der Waals surface area (Å²) in [6, 6.07) is 8.01. The molecule has 0 bridgehead atoms. The van der Waals surface area contributed by atoms with Crippen LogP contribution < -0.4 is 11.3 Å². The zero-order chi connectivity index (χ0) is 16.4. The average molecular weight is 316 g/mol. The number of benzene rings is 1. The lowest BCUT2D eigenvalue weighted by Gasteiger charge is -2.30. The third kappa shape index (κ3) is 3.29. The second-order valence-corrected chi connectivity index (χ2v) is 5.60. The molecule has 2 aromatic rings. The molecule has 1 atom stereocenters. The molecule has 1 aliphatic heterocycles. The number of aromatic nitrogens is 2. The van der Waals surface area contributed by atoms with Crippen LogP contribution in [-0.4, -0.2) is 39.7 Å². The van der Waals surface area contributed by atoms with Crippen LogP contribution in [0.1, 0.15) is 23.3 Å². The smallest absolute Gasteiger partial charge is 0.274 e. The molecule has 6 nitrogen and oxygen atoms in total. The van der Waals surface area contributed by atoms with Gasteiger partial charge in [-0.05, 0) is 43.2 Å². The minimum atomic E-state index is -0.406. The quantitative estimate of drug-likeness (QED) is 0.894. The van der Waals surface area contributed by atoms with Crippen LogP contribution in [0.5, 0.6) is 0 Å². The Bertz CT molecular complexity index is 772. The van der Waals surface area contributed by atoms with Crippen LogP contribution in [0.3, 0.4) is 0 Å². The van der Waals surface area contributed by atoms with E-state index in [0.29, 0.717) is 18.8 Å². The van der Waals surface area contributed by atoms with Crippen molar-refractivity contribution in [2.75, 3.05) is 13.1 Å². The lowest BCUT2D eigenvalue weighted by molar-refractivity contribution is 0.0700. The van der Waals surface area contributed by atoms with Crippen molar-refractivity contribution in [3.05, 3.63) is 58.3 Å². The molecule has 1 amide bonds. The Hall–Kier alpha value is -2.54. The van der Waals surface area contributed by atoms with Crippen LogP contribution in [0.15, 0.2) is 41.2 Å². The number of likely N-dealkylation sites (tertiary alicyclic amines) is 1. The topological polar surface area (TPSA) is 81.2 Å². The largest absolute Gasteiger partial charge is 0.336 e. The van der Waals surface area contributed by atoms with Crippen molar-refractivity contribution in [2.45, 2.75) is 18.9 Å². The van der Waals surface area contributed by atoms with Crippen molar-refractivity contribution < 1.29 is 9.18 Å². The van der Waals surface area contributed by atoms with Crippen LogP contribution in [0.4, 0.5) is 4.39 Å². The monoisotopic (exact) mass is 316 g/mol. The van der Waals surface area contributed by atoms with E-state index in [1.807, 2.05) is 0 Å². The Morgan fingerprint density at radius 1 is 1.22 bits per heavy atom. The van der Waals surface area contributed by atoms with E-state index in [9.17, 15) is 14.0 Å². The van der Waals surface area contributed by atoms with Crippen molar-refractivity contribution in [1.82, 2.24) is 14.7 Å². The normalized spacial score (nSPS) is 18.0. The summed E-state index contributed by atoms with van der Waals surface area (Å²) < 4.78 is 14.1. The zero-order valence-corrected chi connectivity index (χ0v) is 12.5. The number of rotatable bonds is 2. The van der Waals surface area contributed by atoms with Crippen LogP contribution in [0.2, 0.25) is 0 Å². The number of carbonyl (C=O) groups excluding carboxylic acids is 1. The van der Waals surface area contributed by atoms with E-state index >= 15 is 0 Å². The van der Waals surface area contributed by atoms with E-state index in [1.165, 1.54) is 36.4 Å². The molecule has 7 heteroatoms. The van der Waals surface area contributed by atoms with Gasteiger partial charge in [-0.2, -0.15) is 9.78 Å². The Kier molecular flexibility index (Phi) is 4.20. The number of nitrogens with two attached hydrogens (primary N) is 1. The van der Waals surface area contributed by atoms with E-state index in [0.717, 1.165) is 17.5 Å². The Morgan fingerprint density at radius 3 is 2.65 bits per heavy atom.